The Morgan fingerprint density at radius 2 is 1.76 bits per heavy atom. The Morgan fingerprint density at radius 1 is 0.920 bits per heavy atom. The van der Waals surface area contributed by atoms with Crippen LogP contribution in [0.1, 0.15) is 32.1 Å². The molecular weight excluding hydrogens is 314 g/mol. The van der Waals surface area contributed by atoms with Crippen LogP contribution in [0.15, 0.2) is 24.3 Å². The van der Waals surface area contributed by atoms with Gasteiger partial charge in [-0.15, -0.1) is 0 Å². The van der Waals surface area contributed by atoms with Gasteiger partial charge in [0.25, 0.3) is 0 Å². The second kappa shape index (κ2) is 7.75. The summed E-state index contributed by atoms with van der Waals surface area (Å²) in [7, 11) is 0. The molecule has 3 fully saturated rings. The van der Waals surface area contributed by atoms with E-state index in [0.717, 1.165) is 57.9 Å². The number of anilines is 2. The van der Waals surface area contributed by atoms with Gasteiger partial charge in [-0.25, -0.2) is 0 Å². The highest BCUT2D eigenvalue weighted by Crippen LogP contribution is 2.28. The quantitative estimate of drug-likeness (QED) is 0.845. The lowest BCUT2D eigenvalue weighted by Gasteiger charge is -2.39. The molecule has 5 nitrogen and oxygen atoms in total. The molecule has 3 heterocycles. The summed E-state index contributed by atoms with van der Waals surface area (Å²) in [6.45, 7) is 7.11. The van der Waals surface area contributed by atoms with Crippen molar-refractivity contribution in [2.45, 2.75) is 38.1 Å². The van der Waals surface area contributed by atoms with Crippen LogP contribution in [0.2, 0.25) is 0 Å². The average Bonchev–Trinajstić information content (AvgIpc) is 2.92. The number of amides is 1. The number of rotatable bonds is 3. The number of nitrogens with zero attached hydrogens (tertiary/aromatic N) is 3. The summed E-state index contributed by atoms with van der Waals surface area (Å²) in [5.74, 6) is 0.263. The van der Waals surface area contributed by atoms with Gasteiger partial charge in [-0.05, 0) is 43.9 Å². The molecule has 3 aliphatic rings. The van der Waals surface area contributed by atoms with E-state index in [4.69, 9.17) is 4.74 Å². The van der Waals surface area contributed by atoms with Gasteiger partial charge in [0.1, 0.15) is 0 Å². The number of ether oxygens (including phenoxy) is 1. The third-order valence-electron chi connectivity index (χ3n) is 5.82. The molecular formula is C20H29N3O2. The zero-order chi connectivity index (χ0) is 17.1. The minimum Gasteiger partial charge on any atom is -0.380 e. The van der Waals surface area contributed by atoms with Crippen LogP contribution in [-0.4, -0.2) is 62.8 Å². The van der Waals surface area contributed by atoms with Crippen molar-refractivity contribution in [3.63, 3.8) is 0 Å². The predicted octanol–water partition coefficient (Wildman–Crippen LogP) is 2.50. The lowest BCUT2D eigenvalue weighted by atomic mass is 10.0. The van der Waals surface area contributed by atoms with Gasteiger partial charge in [-0.3, -0.25) is 9.69 Å². The van der Waals surface area contributed by atoms with Crippen LogP contribution >= 0.6 is 0 Å². The van der Waals surface area contributed by atoms with Crippen LogP contribution in [0, 0.1) is 0 Å². The first-order chi connectivity index (χ1) is 12.3. The summed E-state index contributed by atoms with van der Waals surface area (Å²) >= 11 is 0. The third kappa shape index (κ3) is 3.82. The van der Waals surface area contributed by atoms with E-state index in [9.17, 15) is 4.79 Å². The molecule has 1 aromatic carbocycles. The molecule has 4 rings (SSSR count). The van der Waals surface area contributed by atoms with Crippen LogP contribution < -0.4 is 9.80 Å². The molecule has 0 radical (unpaired) electrons. The molecule has 0 aliphatic carbocycles. The molecule has 1 amide bonds. The standard InChI is InChI=1S/C20H29N3O2/c24-20-6-2-10-23(20)19-5-1-4-18(16-19)22-11-7-17(8-12-22)21-9-3-14-25-15-13-21/h1,4-5,16-17H,2-3,6-15H2. The molecule has 0 aromatic heterocycles. The fourth-order valence-corrected chi connectivity index (χ4v) is 4.40. The molecule has 25 heavy (non-hydrogen) atoms. The number of piperidine rings is 1. The van der Waals surface area contributed by atoms with Crippen LogP contribution in [0.25, 0.3) is 0 Å². The van der Waals surface area contributed by atoms with Crippen molar-refractivity contribution in [2.24, 2.45) is 0 Å². The molecule has 5 heteroatoms. The Balaban J connectivity index is 1.38. The highest BCUT2D eigenvalue weighted by Gasteiger charge is 2.26. The highest BCUT2D eigenvalue weighted by molar-refractivity contribution is 5.95. The molecule has 1 aromatic rings. The molecule has 0 N–H and O–H groups in total. The maximum Gasteiger partial charge on any atom is 0.227 e. The predicted molar refractivity (Wildman–Crippen MR) is 100 cm³/mol. The lowest BCUT2D eigenvalue weighted by Crippen LogP contribution is -2.45. The summed E-state index contributed by atoms with van der Waals surface area (Å²) in [5, 5.41) is 0. The van der Waals surface area contributed by atoms with E-state index >= 15 is 0 Å². The minimum atomic E-state index is 0.263. The van der Waals surface area contributed by atoms with E-state index in [2.05, 4.69) is 34.1 Å². The van der Waals surface area contributed by atoms with Crippen molar-refractivity contribution in [3.05, 3.63) is 24.3 Å². The Kier molecular flexibility index (Phi) is 5.22. The second-order valence-electron chi connectivity index (χ2n) is 7.39. The van der Waals surface area contributed by atoms with E-state index in [1.807, 2.05) is 4.90 Å². The highest BCUT2D eigenvalue weighted by atomic mass is 16.5. The first-order valence-electron chi connectivity index (χ1n) is 9.78. The van der Waals surface area contributed by atoms with Crippen molar-refractivity contribution >= 4 is 17.3 Å². The van der Waals surface area contributed by atoms with Crippen LogP contribution in [0.5, 0.6) is 0 Å². The number of hydrogen-bond acceptors (Lipinski definition) is 4. The molecule has 0 atom stereocenters. The van der Waals surface area contributed by atoms with E-state index in [1.165, 1.54) is 25.1 Å². The second-order valence-corrected chi connectivity index (χ2v) is 7.39. The van der Waals surface area contributed by atoms with Crippen molar-refractivity contribution in [1.29, 1.82) is 0 Å². The normalized spacial score (nSPS) is 23.9. The zero-order valence-corrected chi connectivity index (χ0v) is 15.0. The van der Waals surface area contributed by atoms with Gasteiger partial charge < -0.3 is 14.5 Å². The lowest BCUT2D eigenvalue weighted by molar-refractivity contribution is -0.117. The Hall–Kier alpha value is -1.59. The monoisotopic (exact) mass is 343 g/mol. The molecule has 0 saturated carbocycles. The van der Waals surface area contributed by atoms with Gasteiger partial charge in [0.2, 0.25) is 5.91 Å². The van der Waals surface area contributed by atoms with Crippen molar-refractivity contribution in [3.8, 4) is 0 Å². The molecule has 0 spiro atoms. The van der Waals surface area contributed by atoms with E-state index in [0.29, 0.717) is 12.5 Å². The fraction of sp³-hybridized carbons (Fsp3) is 0.650. The number of hydrogen-bond donors (Lipinski definition) is 0. The summed E-state index contributed by atoms with van der Waals surface area (Å²) in [6.07, 6.45) is 5.26. The number of carbonyl (C=O) groups excluding carboxylic acids is 1. The summed E-state index contributed by atoms with van der Waals surface area (Å²) in [5.41, 5.74) is 2.32. The van der Waals surface area contributed by atoms with Gasteiger partial charge in [0.05, 0.1) is 6.61 Å². The van der Waals surface area contributed by atoms with Gasteiger partial charge in [0, 0.05) is 63.2 Å². The maximum absolute atomic E-state index is 12.0. The Labute approximate surface area is 150 Å². The fourth-order valence-electron chi connectivity index (χ4n) is 4.40. The van der Waals surface area contributed by atoms with Gasteiger partial charge in [0.15, 0.2) is 0 Å². The molecule has 136 valence electrons. The number of carbonyl (C=O) groups is 1. The first kappa shape index (κ1) is 16.9. The van der Waals surface area contributed by atoms with Crippen LogP contribution in [0.3, 0.4) is 0 Å². The largest absolute Gasteiger partial charge is 0.380 e. The molecule has 0 unspecified atom stereocenters. The third-order valence-corrected chi connectivity index (χ3v) is 5.82. The molecule has 3 aliphatic heterocycles. The van der Waals surface area contributed by atoms with E-state index < -0.39 is 0 Å². The average molecular weight is 343 g/mol. The van der Waals surface area contributed by atoms with E-state index in [-0.39, 0.29) is 5.91 Å². The van der Waals surface area contributed by atoms with Crippen molar-refractivity contribution < 1.29 is 9.53 Å². The van der Waals surface area contributed by atoms with Crippen molar-refractivity contribution in [1.82, 2.24) is 4.90 Å². The number of benzene rings is 1. The Bertz CT molecular complexity index is 590. The topological polar surface area (TPSA) is 36.0 Å². The summed E-state index contributed by atoms with van der Waals surface area (Å²) in [6, 6.07) is 9.24. The molecule has 0 bridgehead atoms. The smallest absolute Gasteiger partial charge is 0.227 e. The van der Waals surface area contributed by atoms with Gasteiger partial charge in [-0.2, -0.15) is 0 Å². The molecule has 3 saturated heterocycles. The Morgan fingerprint density at radius 3 is 2.56 bits per heavy atom. The summed E-state index contributed by atoms with van der Waals surface area (Å²) < 4.78 is 5.59. The van der Waals surface area contributed by atoms with Crippen LogP contribution in [-0.2, 0) is 9.53 Å². The zero-order valence-electron chi connectivity index (χ0n) is 15.0. The minimum absolute atomic E-state index is 0.263. The van der Waals surface area contributed by atoms with Gasteiger partial charge in [-0.1, -0.05) is 6.07 Å². The first-order valence-corrected chi connectivity index (χ1v) is 9.78. The van der Waals surface area contributed by atoms with Crippen molar-refractivity contribution in [2.75, 3.05) is 55.7 Å². The van der Waals surface area contributed by atoms with Gasteiger partial charge >= 0.3 is 0 Å². The van der Waals surface area contributed by atoms with E-state index in [1.54, 1.807) is 0 Å². The SMILES string of the molecule is O=C1CCCN1c1cccc(N2CCC(N3CCCOCC3)CC2)c1. The van der Waals surface area contributed by atoms with Crippen LogP contribution in [0.4, 0.5) is 11.4 Å². The maximum atomic E-state index is 12.0. The summed E-state index contributed by atoms with van der Waals surface area (Å²) in [4.78, 5) is 19.1.